The number of halogens is 2. The quantitative estimate of drug-likeness (QED) is 0.827. The van der Waals surface area contributed by atoms with Crippen LogP contribution in [0, 0.1) is 6.92 Å². The first-order valence-electron chi connectivity index (χ1n) is 9.23. The summed E-state index contributed by atoms with van der Waals surface area (Å²) in [7, 11) is 0. The van der Waals surface area contributed by atoms with Crippen LogP contribution in [0.3, 0.4) is 0 Å². The van der Waals surface area contributed by atoms with Gasteiger partial charge in [0.15, 0.2) is 6.54 Å². The molecule has 0 spiro atoms. The summed E-state index contributed by atoms with van der Waals surface area (Å²) in [6, 6.07) is 14.5. The van der Waals surface area contributed by atoms with Gasteiger partial charge in [0.25, 0.3) is 11.6 Å². The molecule has 0 aliphatic carbocycles. The number of rotatable bonds is 4. The molecule has 2 aromatic carbocycles. The lowest BCUT2D eigenvalue weighted by Crippen LogP contribution is -2.41. The van der Waals surface area contributed by atoms with Crippen LogP contribution in [0.25, 0.3) is 0 Å². The van der Waals surface area contributed by atoms with Gasteiger partial charge >= 0.3 is 6.61 Å². The second-order valence-corrected chi connectivity index (χ2v) is 7.12. The van der Waals surface area contributed by atoms with Crippen molar-refractivity contribution in [2.24, 2.45) is 0 Å². The van der Waals surface area contributed by atoms with Crippen molar-refractivity contribution >= 4 is 11.5 Å². The van der Waals surface area contributed by atoms with Crippen molar-refractivity contribution in [1.29, 1.82) is 0 Å². The summed E-state index contributed by atoms with van der Waals surface area (Å²) in [6.45, 7) is 0.381. The number of ether oxygens (including phenoxy) is 1. The molecule has 0 bridgehead atoms. The Morgan fingerprint density at radius 1 is 1.11 bits per heavy atom. The first-order chi connectivity index (χ1) is 13.0. The molecule has 27 heavy (non-hydrogen) atoms. The lowest BCUT2D eigenvalue weighted by Gasteiger charge is -2.24. The molecule has 0 saturated carbocycles. The van der Waals surface area contributed by atoms with Gasteiger partial charge in [0.2, 0.25) is 0 Å². The van der Waals surface area contributed by atoms with Gasteiger partial charge in [-0.3, -0.25) is 0 Å². The number of nitrogens with zero attached hydrogens (tertiary/aromatic N) is 2. The Morgan fingerprint density at radius 2 is 1.85 bits per heavy atom. The predicted octanol–water partition coefficient (Wildman–Crippen LogP) is 3.86. The molecule has 2 heterocycles. The van der Waals surface area contributed by atoms with Gasteiger partial charge in [-0.05, 0) is 55.7 Å². The van der Waals surface area contributed by atoms with Gasteiger partial charge in [-0.15, -0.1) is 0 Å². The summed E-state index contributed by atoms with van der Waals surface area (Å²) in [5.74, 6) is 1.21. The minimum absolute atomic E-state index is 0.0916. The van der Waals surface area contributed by atoms with Crippen LogP contribution < -0.4 is 9.64 Å². The van der Waals surface area contributed by atoms with E-state index in [0.717, 1.165) is 42.9 Å². The molecule has 1 atom stereocenters. The molecule has 2 aliphatic rings. The fraction of sp³-hybridized carbons (Fsp3) is 0.381. The Balaban J connectivity index is 1.72. The summed E-state index contributed by atoms with van der Waals surface area (Å²) in [5, 5.41) is 11.6. The fourth-order valence-electron chi connectivity index (χ4n) is 4.13. The van der Waals surface area contributed by atoms with Crippen LogP contribution >= 0.6 is 0 Å². The number of alkyl halides is 2. The molecule has 0 radical (unpaired) electrons. The Kier molecular flexibility index (Phi) is 4.60. The van der Waals surface area contributed by atoms with Crippen molar-refractivity contribution in [3.8, 4) is 5.75 Å². The fourth-order valence-corrected chi connectivity index (χ4v) is 4.13. The van der Waals surface area contributed by atoms with E-state index in [1.807, 2.05) is 12.1 Å². The lowest BCUT2D eigenvalue weighted by atomic mass is 10.0. The van der Waals surface area contributed by atoms with Crippen molar-refractivity contribution in [2.75, 3.05) is 18.0 Å². The van der Waals surface area contributed by atoms with E-state index in [9.17, 15) is 13.9 Å². The van der Waals surface area contributed by atoms with Gasteiger partial charge < -0.3 is 9.84 Å². The molecule has 6 heteroatoms. The van der Waals surface area contributed by atoms with Crippen LogP contribution in [0.4, 0.5) is 14.5 Å². The second kappa shape index (κ2) is 6.93. The van der Waals surface area contributed by atoms with E-state index < -0.39 is 12.3 Å². The van der Waals surface area contributed by atoms with Crippen LogP contribution in [0.2, 0.25) is 0 Å². The van der Waals surface area contributed by atoms with Crippen LogP contribution in [0.1, 0.15) is 30.4 Å². The number of anilines is 1. The van der Waals surface area contributed by atoms with Crippen LogP contribution in [-0.4, -0.2) is 35.2 Å². The average molecular weight is 373 g/mol. The number of hydrogen-bond donors (Lipinski definition) is 1. The summed E-state index contributed by atoms with van der Waals surface area (Å²) in [6.07, 6.45) is 3.01. The van der Waals surface area contributed by atoms with E-state index in [-0.39, 0.29) is 5.75 Å². The number of β-amino-alcohol motifs (C(OH)–C–C–N with tert-alkyl or cyclic N) is 1. The molecule has 0 unspecified atom stereocenters. The first-order valence-corrected chi connectivity index (χ1v) is 9.23. The van der Waals surface area contributed by atoms with Gasteiger partial charge in [0.05, 0.1) is 6.54 Å². The van der Waals surface area contributed by atoms with Crippen LogP contribution in [0.15, 0.2) is 48.5 Å². The van der Waals surface area contributed by atoms with Gasteiger partial charge in [-0.2, -0.15) is 8.78 Å². The molecule has 0 fully saturated rings. The largest absolute Gasteiger partial charge is 0.435 e. The Bertz CT molecular complexity index is 867. The molecular weight excluding hydrogens is 350 g/mol. The van der Waals surface area contributed by atoms with E-state index in [1.54, 1.807) is 12.1 Å². The number of aliphatic hydroxyl groups is 1. The molecule has 142 valence electrons. The molecule has 2 aromatic rings. The molecule has 1 N–H and O–H groups in total. The van der Waals surface area contributed by atoms with Crippen molar-refractivity contribution in [3.63, 3.8) is 0 Å². The zero-order chi connectivity index (χ0) is 19.0. The molecule has 4 rings (SSSR count). The van der Waals surface area contributed by atoms with Gasteiger partial charge in [-0.25, -0.2) is 9.48 Å². The van der Waals surface area contributed by atoms with Crippen molar-refractivity contribution in [1.82, 2.24) is 0 Å². The zero-order valence-electron chi connectivity index (χ0n) is 15.2. The number of aryl methyl sites for hydroxylation is 1. The monoisotopic (exact) mass is 373 g/mol. The lowest BCUT2D eigenvalue weighted by molar-refractivity contribution is -0.661. The van der Waals surface area contributed by atoms with E-state index >= 15 is 0 Å². The van der Waals surface area contributed by atoms with Crippen molar-refractivity contribution in [2.45, 2.75) is 38.5 Å². The van der Waals surface area contributed by atoms with Gasteiger partial charge in [0, 0.05) is 12.0 Å². The maximum Gasteiger partial charge on any atom is 0.387 e. The summed E-state index contributed by atoms with van der Waals surface area (Å²) in [5.41, 5.74) is 1.73. The highest BCUT2D eigenvalue weighted by atomic mass is 19.3. The zero-order valence-corrected chi connectivity index (χ0v) is 15.2. The number of benzene rings is 2. The Hall–Kier alpha value is -2.47. The molecule has 2 aliphatic heterocycles. The Morgan fingerprint density at radius 3 is 2.56 bits per heavy atom. The van der Waals surface area contributed by atoms with Crippen molar-refractivity contribution < 1.29 is 23.2 Å². The topological polar surface area (TPSA) is 35.7 Å². The van der Waals surface area contributed by atoms with Crippen molar-refractivity contribution in [3.05, 3.63) is 59.7 Å². The predicted molar refractivity (Wildman–Crippen MR) is 99.5 cm³/mol. The summed E-state index contributed by atoms with van der Waals surface area (Å²) in [4.78, 5) is 2.19. The SMILES string of the molecule is Cc1ccccc1N1C[C@@](O)(c2ccc(OC(F)F)cc2)[N+]2=C1CCCC2. The number of para-hydroxylation sites is 1. The third-order valence-corrected chi connectivity index (χ3v) is 5.43. The third-order valence-electron chi connectivity index (χ3n) is 5.43. The molecule has 4 nitrogen and oxygen atoms in total. The minimum atomic E-state index is -2.86. The highest BCUT2D eigenvalue weighted by molar-refractivity contribution is 5.96. The normalized spacial score (nSPS) is 22.3. The van der Waals surface area contributed by atoms with Gasteiger partial charge in [0.1, 0.15) is 11.4 Å². The van der Waals surface area contributed by atoms with E-state index in [0.29, 0.717) is 12.1 Å². The van der Waals surface area contributed by atoms with Crippen LogP contribution in [-0.2, 0) is 5.72 Å². The van der Waals surface area contributed by atoms with Crippen LogP contribution in [0.5, 0.6) is 5.75 Å². The summed E-state index contributed by atoms with van der Waals surface area (Å²) >= 11 is 0. The van der Waals surface area contributed by atoms with E-state index in [4.69, 9.17) is 0 Å². The maximum atomic E-state index is 12.4. The highest BCUT2D eigenvalue weighted by Gasteiger charge is 2.52. The smallest absolute Gasteiger partial charge is 0.387 e. The molecular formula is C21H23F2N2O2+. The maximum absolute atomic E-state index is 12.4. The first kappa shape index (κ1) is 17.9. The number of hydrogen-bond acceptors (Lipinski definition) is 3. The standard InChI is InChI=1S/C21H23F2N2O2/c1-15-6-2-3-7-18(15)24-14-21(26,25-13-5-4-8-19(24)25)16-9-11-17(12-10-16)27-20(22)23/h2-3,6-7,9-12,20,26H,4-5,8,13-14H2,1H3/q+1/t21-/m1/s1. The minimum Gasteiger partial charge on any atom is -0.435 e. The number of amidine groups is 1. The highest BCUT2D eigenvalue weighted by Crippen LogP contribution is 2.37. The molecule has 0 aromatic heterocycles. The Labute approximate surface area is 157 Å². The van der Waals surface area contributed by atoms with E-state index in [1.165, 1.54) is 12.1 Å². The second-order valence-electron chi connectivity index (χ2n) is 7.12. The van der Waals surface area contributed by atoms with E-state index in [2.05, 4.69) is 33.3 Å². The molecule has 0 saturated heterocycles. The summed E-state index contributed by atoms with van der Waals surface area (Å²) < 4.78 is 31.3. The average Bonchev–Trinajstić information content (AvgIpc) is 2.97. The third kappa shape index (κ3) is 3.18. The van der Waals surface area contributed by atoms with Gasteiger partial charge in [-0.1, -0.05) is 18.2 Å². The molecule has 0 amide bonds.